The summed E-state index contributed by atoms with van der Waals surface area (Å²) in [5.41, 5.74) is 4.41. The SMILES string of the molecule is CC(=O)c1cccc(NC(=O)COc2cc(C)cc(C)c2C)c1. The Morgan fingerprint density at radius 3 is 2.52 bits per heavy atom. The Hall–Kier alpha value is -2.62. The van der Waals surface area contributed by atoms with Gasteiger partial charge in [0.25, 0.3) is 5.91 Å². The molecule has 0 saturated carbocycles. The number of hydrogen-bond donors (Lipinski definition) is 1. The van der Waals surface area contributed by atoms with Crippen molar-refractivity contribution in [2.24, 2.45) is 0 Å². The van der Waals surface area contributed by atoms with E-state index in [-0.39, 0.29) is 18.3 Å². The fourth-order valence-electron chi connectivity index (χ4n) is 2.31. The zero-order valence-electron chi connectivity index (χ0n) is 13.9. The van der Waals surface area contributed by atoms with Gasteiger partial charge in [-0.3, -0.25) is 9.59 Å². The monoisotopic (exact) mass is 311 g/mol. The van der Waals surface area contributed by atoms with Gasteiger partial charge in [0.1, 0.15) is 5.75 Å². The number of aryl methyl sites for hydroxylation is 2. The van der Waals surface area contributed by atoms with Crippen molar-refractivity contribution in [3.8, 4) is 5.75 Å². The van der Waals surface area contributed by atoms with Crippen LogP contribution in [-0.2, 0) is 4.79 Å². The maximum absolute atomic E-state index is 12.0. The molecule has 2 aromatic carbocycles. The molecule has 1 amide bonds. The summed E-state index contributed by atoms with van der Waals surface area (Å²) in [6.45, 7) is 7.40. The van der Waals surface area contributed by atoms with Gasteiger partial charge in [-0.1, -0.05) is 18.2 Å². The fraction of sp³-hybridized carbons (Fsp3) is 0.263. The number of benzene rings is 2. The molecule has 2 aromatic rings. The number of nitrogens with one attached hydrogen (secondary N) is 1. The highest BCUT2D eigenvalue weighted by atomic mass is 16.5. The van der Waals surface area contributed by atoms with Crippen molar-refractivity contribution in [3.05, 3.63) is 58.7 Å². The summed E-state index contributed by atoms with van der Waals surface area (Å²) in [6.07, 6.45) is 0. The number of carbonyl (C=O) groups excluding carboxylic acids is 2. The Morgan fingerprint density at radius 1 is 1.09 bits per heavy atom. The van der Waals surface area contributed by atoms with Gasteiger partial charge < -0.3 is 10.1 Å². The van der Waals surface area contributed by atoms with E-state index < -0.39 is 0 Å². The van der Waals surface area contributed by atoms with Gasteiger partial charge in [0.05, 0.1) is 0 Å². The predicted octanol–water partition coefficient (Wildman–Crippen LogP) is 3.83. The molecule has 0 saturated heterocycles. The van der Waals surface area contributed by atoms with E-state index >= 15 is 0 Å². The largest absolute Gasteiger partial charge is 0.483 e. The quantitative estimate of drug-likeness (QED) is 0.854. The Morgan fingerprint density at radius 2 is 1.83 bits per heavy atom. The number of amides is 1. The minimum atomic E-state index is -0.260. The van der Waals surface area contributed by atoms with E-state index in [9.17, 15) is 9.59 Å². The van der Waals surface area contributed by atoms with Crippen molar-refractivity contribution in [1.29, 1.82) is 0 Å². The van der Waals surface area contributed by atoms with Gasteiger partial charge in [-0.25, -0.2) is 0 Å². The minimum Gasteiger partial charge on any atom is -0.483 e. The Labute approximate surface area is 136 Å². The number of Topliss-reactive ketones (excluding diaryl/α,β-unsaturated/α-hetero) is 1. The predicted molar refractivity (Wildman–Crippen MR) is 91.2 cm³/mol. The van der Waals surface area contributed by atoms with Crippen LogP contribution in [0.2, 0.25) is 0 Å². The van der Waals surface area contributed by atoms with Crippen molar-refractivity contribution < 1.29 is 14.3 Å². The van der Waals surface area contributed by atoms with Gasteiger partial charge >= 0.3 is 0 Å². The van der Waals surface area contributed by atoms with Crippen molar-refractivity contribution in [3.63, 3.8) is 0 Å². The Bertz CT molecular complexity index is 750. The molecule has 0 aliphatic rings. The molecule has 0 heterocycles. The van der Waals surface area contributed by atoms with Crippen LogP contribution in [0.1, 0.15) is 34.0 Å². The number of ether oxygens (including phenoxy) is 1. The topological polar surface area (TPSA) is 55.4 Å². The molecule has 0 fully saturated rings. The number of anilines is 1. The second kappa shape index (κ2) is 7.09. The highest BCUT2D eigenvalue weighted by molar-refractivity contribution is 5.97. The fourth-order valence-corrected chi connectivity index (χ4v) is 2.31. The van der Waals surface area contributed by atoms with Crippen molar-refractivity contribution in [2.75, 3.05) is 11.9 Å². The van der Waals surface area contributed by atoms with Crippen LogP contribution < -0.4 is 10.1 Å². The lowest BCUT2D eigenvalue weighted by atomic mass is 10.1. The Kier molecular flexibility index (Phi) is 5.16. The first kappa shape index (κ1) is 16.7. The molecule has 0 spiro atoms. The van der Waals surface area contributed by atoms with Crippen molar-refractivity contribution in [1.82, 2.24) is 0 Å². The molecule has 0 aliphatic carbocycles. The third-order valence-electron chi connectivity index (χ3n) is 3.68. The van der Waals surface area contributed by atoms with E-state index in [4.69, 9.17) is 4.74 Å². The maximum Gasteiger partial charge on any atom is 0.262 e. The molecule has 0 aliphatic heterocycles. The summed E-state index contributed by atoms with van der Waals surface area (Å²) >= 11 is 0. The number of hydrogen-bond acceptors (Lipinski definition) is 3. The van der Waals surface area contributed by atoms with Crippen LogP contribution in [-0.4, -0.2) is 18.3 Å². The highest BCUT2D eigenvalue weighted by Gasteiger charge is 2.08. The van der Waals surface area contributed by atoms with E-state index in [1.165, 1.54) is 6.92 Å². The molecule has 0 bridgehead atoms. The molecule has 1 N–H and O–H groups in total. The van der Waals surface area contributed by atoms with E-state index in [0.29, 0.717) is 11.3 Å². The summed E-state index contributed by atoms with van der Waals surface area (Å²) in [6, 6.07) is 10.9. The first-order chi connectivity index (χ1) is 10.9. The smallest absolute Gasteiger partial charge is 0.262 e. The normalized spacial score (nSPS) is 10.3. The van der Waals surface area contributed by atoms with E-state index in [1.807, 2.05) is 26.8 Å². The zero-order chi connectivity index (χ0) is 17.0. The molecular formula is C19H21NO3. The molecule has 0 aromatic heterocycles. The summed E-state index contributed by atoms with van der Waals surface area (Å²) in [5, 5.41) is 2.74. The molecule has 4 heteroatoms. The number of ketones is 1. The van der Waals surface area contributed by atoms with Gasteiger partial charge in [0.2, 0.25) is 0 Å². The molecule has 0 atom stereocenters. The highest BCUT2D eigenvalue weighted by Crippen LogP contribution is 2.23. The lowest BCUT2D eigenvalue weighted by Crippen LogP contribution is -2.20. The third kappa shape index (κ3) is 4.42. The lowest BCUT2D eigenvalue weighted by Gasteiger charge is -2.12. The summed E-state index contributed by atoms with van der Waals surface area (Å²) in [7, 11) is 0. The second-order valence-electron chi connectivity index (χ2n) is 5.68. The Balaban J connectivity index is 2.01. The van der Waals surface area contributed by atoms with E-state index in [2.05, 4.69) is 11.4 Å². The van der Waals surface area contributed by atoms with Gasteiger partial charge in [0.15, 0.2) is 12.4 Å². The van der Waals surface area contributed by atoms with Gasteiger partial charge in [-0.15, -0.1) is 0 Å². The van der Waals surface area contributed by atoms with Gasteiger partial charge in [-0.2, -0.15) is 0 Å². The summed E-state index contributed by atoms with van der Waals surface area (Å²) in [4.78, 5) is 23.4. The van der Waals surface area contributed by atoms with Crippen molar-refractivity contribution in [2.45, 2.75) is 27.7 Å². The molecule has 120 valence electrons. The molecule has 23 heavy (non-hydrogen) atoms. The van der Waals surface area contributed by atoms with Crippen LogP contribution in [0, 0.1) is 20.8 Å². The standard InChI is InChI=1S/C19H21NO3/c1-12-8-13(2)14(3)18(9-12)23-11-19(22)20-17-7-5-6-16(10-17)15(4)21/h5-10H,11H2,1-4H3,(H,20,22). The third-order valence-corrected chi connectivity index (χ3v) is 3.68. The molecule has 0 unspecified atom stereocenters. The average molecular weight is 311 g/mol. The zero-order valence-corrected chi connectivity index (χ0v) is 13.9. The van der Waals surface area contributed by atoms with Crippen molar-refractivity contribution >= 4 is 17.4 Å². The van der Waals surface area contributed by atoms with Crippen LogP contribution in [0.15, 0.2) is 36.4 Å². The van der Waals surface area contributed by atoms with Crippen LogP contribution in [0.25, 0.3) is 0 Å². The number of carbonyl (C=O) groups is 2. The number of rotatable bonds is 5. The minimum absolute atomic E-state index is 0.0387. The van der Waals surface area contributed by atoms with Crippen LogP contribution in [0.3, 0.4) is 0 Å². The van der Waals surface area contributed by atoms with Crippen LogP contribution in [0.4, 0.5) is 5.69 Å². The summed E-state index contributed by atoms with van der Waals surface area (Å²) in [5.74, 6) is 0.419. The first-order valence-corrected chi connectivity index (χ1v) is 7.48. The maximum atomic E-state index is 12.0. The average Bonchev–Trinajstić information content (AvgIpc) is 2.49. The summed E-state index contributed by atoms with van der Waals surface area (Å²) < 4.78 is 5.63. The first-order valence-electron chi connectivity index (χ1n) is 7.48. The molecular weight excluding hydrogens is 290 g/mol. The van der Waals surface area contributed by atoms with E-state index in [1.54, 1.807) is 24.3 Å². The second-order valence-corrected chi connectivity index (χ2v) is 5.68. The van der Waals surface area contributed by atoms with Crippen LogP contribution in [0.5, 0.6) is 5.75 Å². The van der Waals surface area contributed by atoms with Gasteiger partial charge in [0, 0.05) is 11.3 Å². The molecule has 2 rings (SSSR count). The molecule has 4 nitrogen and oxygen atoms in total. The molecule has 0 radical (unpaired) electrons. The van der Waals surface area contributed by atoms with Gasteiger partial charge in [-0.05, 0) is 62.6 Å². The van der Waals surface area contributed by atoms with E-state index in [0.717, 1.165) is 22.4 Å². The lowest BCUT2D eigenvalue weighted by molar-refractivity contribution is -0.118. The van der Waals surface area contributed by atoms with Crippen LogP contribution >= 0.6 is 0 Å².